The number of fused-ring (bicyclic) bond motifs is 4. The molecule has 4 aromatic carbocycles. The van der Waals surface area contributed by atoms with Crippen LogP contribution in [0.25, 0.3) is 16.3 Å². The first-order valence-electron chi connectivity index (χ1n) is 13.3. The molecule has 0 amide bonds. The van der Waals surface area contributed by atoms with Gasteiger partial charge in [0.2, 0.25) is 0 Å². The predicted molar refractivity (Wildman–Crippen MR) is 158 cm³/mol. The van der Waals surface area contributed by atoms with E-state index in [0.717, 1.165) is 75.9 Å². The fourth-order valence-corrected chi connectivity index (χ4v) is 6.34. The van der Waals surface area contributed by atoms with Crippen LogP contribution < -0.4 is 10.1 Å². The molecule has 2 aliphatic rings. The summed E-state index contributed by atoms with van der Waals surface area (Å²) >= 11 is 12.9. The minimum atomic E-state index is -0.328. The molecule has 0 unspecified atom stereocenters. The Morgan fingerprint density at radius 1 is 0.947 bits per heavy atom. The Morgan fingerprint density at radius 3 is 2.55 bits per heavy atom. The summed E-state index contributed by atoms with van der Waals surface area (Å²) in [7, 11) is 0. The van der Waals surface area contributed by atoms with Gasteiger partial charge >= 0.3 is 0 Å². The fraction of sp³-hybridized carbons (Fsp3) is 0.242. The van der Waals surface area contributed by atoms with Gasteiger partial charge in [-0.3, -0.25) is 4.79 Å². The van der Waals surface area contributed by atoms with E-state index in [1.54, 1.807) is 6.07 Å². The molecule has 3 nitrogen and oxygen atoms in total. The van der Waals surface area contributed by atoms with Crippen LogP contribution in [-0.4, -0.2) is 12.4 Å². The van der Waals surface area contributed by atoms with Crippen LogP contribution in [0.4, 0.5) is 5.69 Å². The van der Waals surface area contributed by atoms with E-state index in [2.05, 4.69) is 60.8 Å². The molecular weight excluding hydrogens is 513 g/mol. The third-order valence-corrected chi connectivity index (χ3v) is 8.28. The Morgan fingerprint density at radius 2 is 1.76 bits per heavy atom. The molecule has 0 bridgehead atoms. The van der Waals surface area contributed by atoms with Crippen molar-refractivity contribution in [3.8, 4) is 5.75 Å². The summed E-state index contributed by atoms with van der Waals surface area (Å²) in [6.07, 6.45) is 3.38. The lowest BCUT2D eigenvalue weighted by Crippen LogP contribution is -2.29. The summed E-state index contributed by atoms with van der Waals surface area (Å²) in [5, 5.41) is 7.10. The largest absolute Gasteiger partial charge is 0.494 e. The first-order chi connectivity index (χ1) is 18.5. The molecule has 1 aliphatic heterocycles. The smallest absolute Gasteiger partial charge is 0.162 e. The molecule has 192 valence electrons. The van der Waals surface area contributed by atoms with Gasteiger partial charge in [0.25, 0.3) is 0 Å². The summed E-state index contributed by atoms with van der Waals surface area (Å²) in [4.78, 5) is 14.0. The lowest BCUT2D eigenvalue weighted by atomic mass is 9.71. The third-order valence-electron chi connectivity index (χ3n) is 7.72. The maximum absolute atomic E-state index is 14.0. The lowest BCUT2D eigenvalue weighted by Gasteiger charge is -2.38. The first kappa shape index (κ1) is 25.0. The highest BCUT2D eigenvalue weighted by atomic mass is 35.5. The molecule has 0 saturated heterocycles. The molecule has 0 spiro atoms. The number of benzene rings is 4. The summed E-state index contributed by atoms with van der Waals surface area (Å²) in [6.45, 7) is 2.88. The van der Waals surface area contributed by atoms with E-state index in [1.807, 2.05) is 24.3 Å². The van der Waals surface area contributed by atoms with Gasteiger partial charge in [0.15, 0.2) is 5.78 Å². The third kappa shape index (κ3) is 4.59. The molecule has 0 aromatic heterocycles. The number of nitrogens with one attached hydrogen (secondary N) is 1. The van der Waals surface area contributed by atoms with Gasteiger partial charge < -0.3 is 10.1 Å². The normalized spacial score (nSPS) is 18.7. The number of Topliss-reactive ketones (excluding diaryl/α,β-unsaturated/α-hetero) is 1. The number of carbonyl (C=O) groups is 1. The zero-order valence-corrected chi connectivity index (χ0v) is 22.8. The second-order valence-corrected chi connectivity index (χ2v) is 11.0. The highest BCUT2D eigenvalue weighted by Crippen LogP contribution is 2.51. The van der Waals surface area contributed by atoms with Crippen molar-refractivity contribution in [2.45, 2.75) is 44.6 Å². The Labute approximate surface area is 233 Å². The number of hydrogen-bond acceptors (Lipinski definition) is 3. The Kier molecular flexibility index (Phi) is 6.90. The molecule has 5 heteroatoms. The van der Waals surface area contributed by atoms with Gasteiger partial charge in [-0.05, 0) is 76.6 Å². The molecule has 0 fully saturated rings. The number of allylic oxidation sites excluding steroid dienone is 1. The first-order valence-corrected chi connectivity index (χ1v) is 14.0. The fourth-order valence-electron chi connectivity index (χ4n) is 5.82. The average molecular weight is 543 g/mol. The zero-order valence-electron chi connectivity index (χ0n) is 21.3. The van der Waals surface area contributed by atoms with Crippen molar-refractivity contribution in [1.29, 1.82) is 0 Å². The van der Waals surface area contributed by atoms with E-state index in [9.17, 15) is 4.79 Å². The molecule has 2 atom stereocenters. The molecule has 1 aliphatic carbocycles. The maximum atomic E-state index is 14.0. The molecule has 1 heterocycles. The van der Waals surface area contributed by atoms with Crippen LogP contribution >= 0.6 is 23.2 Å². The van der Waals surface area contributed by atoms with Crippen LogP contribution in [0.5, 0.6) is 5.75 Å². The SMILES string of the molecule is CCCCOc1ccc([C@H]2CC(=O)C3=C(C2)c2c(ccc4ccccc24)N[C@H]3c2ccc(Cl)cc2Cl)cc1. The second kappa shape index (κ2) is 10.5. The van der Waals surface area contributed by atoms with Crippen molar-refractivity contribution >= 4 is 51.0 Å². The molecule has 6 rings (SSSR count). The predicted octanol–water partition coefficient (Wildman–Crippen LogP) is 9.39. The molecular formula is C33H29Cl2NO2. The summed E-state index contributed by atoms with van der Waals surface area (Å²) in [5.41, 5.74) is 6.09. The zero-order chi connectivity index (χ0) is 26.2. The number of hydrogen-bond donors (Lipinski definition) is 1. The van der Waals surface area contributed by atoms with Crippen molar-refractivity contribution in [3.63, 3.8) is 0 Å². The summed E-state index contributed by atoms with van der Waals surface area (Å²) in [5.74, 6) is 1.12. The Bertz CT molecular complexity index is 1560. The summed E-state index contributed by atoms with van der Waals surface area (Å²) < 4.78 is 5.87. The number of rotatable bonds is 6. The van der Waals surface area contributed by atoms with E-state index < -0.39 is 0 Å². The van der Waals surface area contributed by atoms with Crippen LogP contribution in [-0.2, 0) is 4.79 Å². The van der Waals surface area contributed by atoms with Gasteiger partial charge in [-0.25, -0.2) is 0 Å². The van der Waals surface area contributed by atoms with E-state index in [4.69, 9.17) is 27.9 Å². The lowest BCUT2D eigenvalue weighted by molar-refractivity contribution is -0.116. The molecule has 0 radical (unpaired) electrons. The standard InChI is InChI=1S/C33H29Cl2NO2/c1-2-3-16-38-24-12-8-20(9-13-24)22-17-27-31-25-7-5-4-6-21(25)10-15-29(31)36-33(32(27)30(37)18-22)26-14-11-23(34)19-28(26)35/h4-15,19,22,33,36H,2-3,16-18H2,1H3/t22-,33+/m1/s1. The average Bonchev–Trinajstić information content (AvgIpc) is 2.93. The van der Waals surface area contributed by atoms with E-state index in [-0.39, 0.29) is 17.7 Å². The maximum Gasteiger partial charge on any atom is 0.162 e. The van der Waals surface area contributed by atoms with E-state index in [0.29, 0.717) is 16.5 Å². The molecule has 0 saturated carbocycles. The second-order valence-electron chi connectivity index (χ2n) is 10.1. The molecule has 4 aromatic rings. The van der Waals surface area contributed by atoms with Crippen molar-refractivity contribution in [1.82, 2.24) is 0 Å². The monoisotopic (exact) mass is 541 g/mol. The van der Waals surface area contributed by atoms with Gasteiger partial charge in [-0.15, -0.1) is 0 Å². The van der Waals surface area contributed by atoms with Gasteiger partial charge in [0.1, 0.15) is 5.75 Å². The topological polar surface area (TPSA) is 38.3 Å². The number of ether oxygens (including phenoxy) is 1. The Hall–Kier alpha value is -3.27. The van der Waals surface area contributed by atoms with Crippen LogP contribution in [0.3, 0.4) is 0 Å². The molecule has 1 N–H and O–H groups in total. The van der Waals surface area contributed by atoms with Gasteiger partial charge in [0, 0.05) is 33.3 Å². The highest BCUT2D eigenvalue weighted by molar-refractivity contribution is 6.35. The highest BCUT2D eigenvalue weighted by Gasteiger charge is 2.39. The van der Waals surface area contributed by atoms with Crippen molar-refractivity contribution in [2.24, 2.45) is 0 Å². The number of halogens is 2. The number of unbranched alkanes of at least 4 members (excludes halogenated alkanes) is 1. The van der Waals surface area contributed by atoms with Crippen molar-refractivity contribution in [2.75, 3.05) is 11.9 Å². The van der Waals surface area contributed by atoms with Crippen LogP contribution in [0, 0.1) is 0 Å². The number of carbonyl (C=O) groups excluding carboxylic acids is 1. The van der Waals surface area contributed by atoms with E-state index in [1.165, 1.54) is 0 Å². The van der Waals surface area contributed by atoms with E-state index >= 15 is 0 Å². The number of anilines is 1. The quantitative estimate of drug-likeness (QED) is 0.247. The Balaban J connectivity index is 1.45. The van der Waals surface area contributed by atoms with Gasteiger partial charge in [-0.1, -0.05) is 85.1 Å². The van der Waals surface area contributed by atoms with Gasteiger partial charge in [-0.2, -0.15) is 0 Å². The molecule has 38 heavy (non-hydrogen) atoms. The number of ketones is 1. The minimum absolute atomic E-state index is 0.0946. The summed E-state index contributed by atoms with van der Waals surface area (Å²) in [6, 6.07) is 26.1. The van der Waals surface area contributed by atoms with Crippen LogP contribution in [0.1, 0.15) is 61.3 Å². The van der Waals surface area contributed by atoms with Crippen LogP contribution in [0.15, 0.2) is 84.4 Å². The van der Waals surface area contributed by atoms with Crippen molar-refractivity contribution in [3.05, 3.63) is 111 Å². The minimum Gasteiger partial charge on any atom is -0.494 e. The van der Waals surface area contributed by atoms with Crippen molar-refractivity contribution < 1.29 is 9.53 Å². The van der Waals surface area contributed by atoms with Gasteiger partial charge in [0.05, 0.1) is 12.6 Å². The van der Waals surface area contributed by atoms with Crippen LogP contribution in [0.2, 0.25) is 10.0 Å².